The summed E-state index contributed by atoms with van der Waals surface area (Å²) in [5, 5.41) is 9.66. The van der Waals surface area contributed by atoms with Crippen LogP contribution in [0.3, 0.4) is 0 Å². The van der Waals surface area contributed by atoms with Gasteiger partial charge in [-0.05, 0) is 24.3 Å². The van der Waals surface area contributed by atoms with Gasteiger partial charge in [-0.1, -0.05) is 6.07 Å². The summed E-state index contributed by atoms with van der Waals surface area (Å²) in [6, 6.07) is 11.4. The predicted molar refractivity (Wildman–Crippen MR) is 66.7 cm³/mol. The molecule has 0 radical (unpaired) electrons. The summed E-state index contributed by atoms with van der Waals surface area (Å²) in [7, 11) is 0. The van der Waals surface area contributed by atoms with E-state index in [2.05, 4.69) is 11.1 Å². The molecular formula is C14H11N3O. The van der Waals surface area contributed by atoms with Crippen LogP contribution >= 0.6 is 0 Å². The van der Waals surface area contributed by atoms with Gasteiger partial charge in [-0.15, -0.1) is 0 Å². The smallest absolute Gasteiger partial charge is 0.253 e. The number of amides is 1. The van der Waals surface area contributed by atoms with Crippen LogP contribution in [0.15, 0.2) is 36.5 Å². The molecule has 1 aromatic carbocycles. The van der Waals surface area contributed by atoms with E-state index in [1.54, 1.807) is 17.2 Å². The summed E-state index contributed by atoms with van der Waals surface area (Å²) in [5.41, 5.74) is 1.54. The Bertz CT molecular complexity index is 653. The molecule has 1 aliphatic rings. The van der Waals surface area contributed by atoms with Crippen molar-refractivity contribution in [2.24, 2.45) is 5.92 Å². The van der Waals surface area contributed by atoms with E-state index in [4.69, 9.17) is 5.26 Å². The van der Waals surface area contributed by atoms with Gasteiger partial charge >= 0.3 is 0 Å². The molecule has 0 saturated carbocycles. The van der Waals surface area contributed by atoms with Crippen LogP contribution in [0.5, 0.6) is 0 Å². The van der Waals surface area contributed by atoms with Crippen LogP contribution in [0.1, 0.15) is 10.4 Å². The number of pyridine rings is 1. The lowest BCUT2D eigenvalue weighted by Gasteiger charge is -2.35. The van der Waals surface area contributed by atoms with E-state index in [0.717, 1.165) is 10.9 Å². The molecule has 4 nitrogen and oxygen atoms in total. The first-order valence-electron chi connectivity index (χ1n) is 5.81. The third kappa shape index (κ3) is 1.70. The molecule has 0 spiro atoms. The van der Waals surface area contributed by atoms with Crippen molar-refractivity contribution in [2.75, 3.05) is 13.1 Å². The summed E-state index contributed by atoms with van der Waals surface area (Å²) in [4.78, 5) is 18.0. The topological polar surface area (TPSA) is 57.0 Å². The highest BCUT2D eigenvalue weighted by Crippen LogP contribution is 2.20. The molecule has 18 heavy (non-hydrogen) atoms. The number of likely N-dealkylation sites (tertiary alicyclic amines) is 1. The molecule has 1 fully saturated rings. The number of carbonyl (C=O) groups excluding carboxylic acids is 1. The Morgan fingerprint density at radius 3 is 3.00 bits per heavy atom. The minimum Gasteiger partial charge on any atom is -0.336 e. The fourth-order valence-corrected chi connectivity index (χ4v) is 2.12. The largest absolute Gasteiger partial charge is 0.336 e. The Hall–Kier alpha value is -2.41. The standard InChI is InChI=1S/C14H11N3O/c15-7-10-8-17(9-10)14(18)12-3-4-13-11(6-12)2-1-5-16-13/h1-6,10H,8-9H2. The first-order valence-corrected chi connectivity index (χ1v) is 5.81. The van der Waals surface area contributed by atoms with Gasteiger partial charge in [0.2, 0.25) is 0 Å². The van der Waals surface area contributed by atoms with Crippen molar-refractivity contribution in [3.63, 3.8) is 0 Å². The van der Waals surface area contributed by atoms with Crippen LogP contribution in [-0.2, 0) is 0 Å². The number of nitriles is 1. The van der Waals surface area contributed by atoms with Crippen LogP contribution in [0.4, 0.5) is 0 Å². The predicted octanol–water partition coefficient (Wildman–Crippen LogP) is 1.83. The average molecular weight is 237 g/mol. The first kappa shape index (κ1) is 10.7. The Morgan fingerprint density at radius 2 is 2.22 bits per heavy atom. The van der Waals surface area contributed by atoms with Crippen molar-refractivity contribution < 1.29 is 4.79 Å². The number of hydrogen-bond acceptors (Lipinski definition) is 3. The summed E-state index contributed by atoms with van der Waals surface area (Å²) in [6.07, 6.45) is 1.73. The molecule has 0 N–H and O–H groups in total. The fraction of sp³-hybridized carbons (Fsp3) is 0.214. The highest BCUT2D eigenvalue weighted by atomic mass is 16.2. The van der Waals surface area contributed by atoms with E-state index < -0.39 is 0 Å². The summed E-state index contributed by atoms with van der Waals surface area (Å²) < 4.78 is 0. The van der Waals surface area contributed by atoms with Gasteiger partial charge in [-0.25, -0.2) is 0 Å². The molecular weight excluding hydrogens is 226 g/mol. The molecule has 1 aliphatic heterocycles. The molecule has 2 aromatic rings. The molecule has 3 rings (SSSR count). The number of fused-ring (bicyclic) bond motifs is 1. The second kappa shape index (κ2) is 4.11. The summed E-state index contributed by atoms with van der Waals surface area (Å²) in [5.74, 6) is -0.0108. The quantitative estimate of drug-likeness (QED) is 0.760. The number of hydrogen-bond donors (Lipinski definition) is 0. The van der Waals surface area contributed by atoms with Crippen LogP contribution in [0.25, 0.3) is 10.9 Å². The maximum Gasteiger partial charge on any atom is 0.253 e. The number of nitrogens with zero attached hydrogens (tertiary/aromatic N) is 3. The zero-order valence-electron chi connectivity index (χ0n) is 9.71. The maximum atomic E-state index is 12.1. The van der Waals surface area contributed by atoms with Gasteiger partial charge in [0, 0.05) is 30.2 Å². The van der Waals surface area contributed by atoms with Crippen LogP contribution in [0.2, 0.25) is 0 Å². The minimum atomic E-state index is -0.00717. The lowest BCUT2D eigenvalue weighted by Crippen LogP contribution is -2.49. The number of rotatable bonds is 1. The molecule has 0 unspecified atom stereocenters. The van der Waals surface area contributed by atoms with E-state index in [1.807, 2.05) is 24.3 Å². The zero-order chi connectivity index (χ0) is 12.5. The van der Waals surface area contributed by atoms with Gasteiger partial charge in [0.25, 0.3) is 5.91 Å². The number of carbonyl (C=O) groups is 1. The average Bonchev–Trinajstić information content (AvgIpc) is 2.37. The van der Waals surface area contributed by atoms with Crippen molar-refractivity contribution >= 4 is 16.8 Å². The van der Waals surface area contributed by atoms with Gasteiger partial charge in [-0.2, -0.15) is 5.26 Å². The molecule has 4 heteroatoms. The van der Waals surface area contributed by atoms with Gasteiger partial charge in [0.05, 0.1) is 17.5 Å². The summed E-state index contributed by atoms with van der Waals surface area (Å²) in [6.45, 7) is 1.08. The third-order valence-electron chi connectivity index (χ3n) is 3.20. The molecule has 1 saturated heterocycles. The third-order valence-corrected chi connectivity index (χ3v) is 3.20. The zero-order valence-corrected chi connectivity index (χ0v) is 9.71. The lowest BCUT2D eigenvalue weighted by atomic mass is 10.0. The highest BCUT2D eigenvalue weighted by Gasteiger charge is 2.30. The van der Waals surface area contributed by atoms with Crippen molar-refractivity contribution in [1.82, 2.24) is 9.88 Å². The van der Waals surface area contributed by atoms with E-state index >= 15 is 0 Å². The monoisotopic (exact) mass is 237 g/mol. The van der Waals surface area contributed by atoms with Crippen LogP contribution in [-0.4, -0.2) is 28.9 Å². The second-order valence-electron chi connectivity index (χ2n) is 4.45. The highest BCUT2D eigenvalue weighted by molar-refractivity contribution is 5.98. The van der Waals surface area contributed by atoms with Gasteiger partial charge in [-0.3, -0.25) is 9.78 Å². The number of aromatic nitrogens is 1. The molecule has 1 amide bonds. The van der Waals surface area contributed by atoms with Crippen LogP contribution < -0.4 is 0 Å². The Kier molecular flexibility index (Phi) is 2.45. The van der Waals surface area contributed by atoms with Crippen molar-refractivity contribution in [3.8, 4) is 6.07 Å². The minimum absolute atomic E-state index is 0.00364. The molecule has 0 aliphatic carbocycles. The van der Waals surface area contributed by atoms with Crippen molar-refractivity contribution in [3.05, 3.63) is 42.1 Å². The Morgan fingerprint density at radius 1 is 1.39 bits per heavy atom. The fourth-order valence-electron chi connectivity index (χ4n) is 2.12. The Balaban J connectivity index is 1.87. The molecule has 1 aromatic heterocycles. The van der Waals surface area contributed by atoms with Gasteiger partial charge in [0.15, 0.2) is 0 Å². The maximum absolute atomic E-state index is 12.1. The SMILES string of the molecule is N#CC1CN(C(=O)c2ccc3ncccc3c2)C1. The Labute approximate surface area is 104 Å². The van der Waals surface area contributed by atoms with E-state index in [-0.39, 0.29) is 11.8 Å². The molecule has 0 atom stereocenters. The van der Waals surface area contributed by atoms with Gasteiger partial charge < -0.3 is 4.90 Å². The molecule has 0 bridgehead atoms. The lowest BCUT2D eigenvalue weighted by molar-refractivity contribution is 0.0577. The van der Waals surface area contributed by atoms with E-state index in [1.165, 1.54) is 0 Å². The molecule has 88 valence electrons. The van der Waals surface area contributed by atoms with Crippen molar-refractivity contribution in [2.45, 2.75) is 0 Å². The first-order chi connectivity index (χ1) is 8.78. The van der Waals surface area contributed by atoms with Gasteiger partial charge in [0.1, 0.15) is 0 Å². The van der Waals surface area contributed by atoms with Crippen molar-refractivity contribution in [1.29, 1.82) is 5.26 Å². The van der Waals surface area contributed by atoms with E-state index in [9.17, 15) is 4.79 Å². The summed E-state index contributed by atoms with van der Waals surface area (Å²) >= 11 is 0. The van der Waals surface area contributed by atoms with E-state index in [0.29, 0.717) is 18.7 Å². The second-order valence-corrected chi connectivity index (χ2v) is 4.45. The van der Waals surface area contributed by atoms with Crippen LogP contribution in [0, 0.1) is 17.2 Å². The molecule has 2 heterocycles. The normalized spacial score (nSPS) is 15.2. The number of benzene rings is 1.